The van der Waals surface area contributed by atoms with Gasteiger partial charge in [-0.3, -0.25) is 9.59 Å². The number of amides is 2. The standard InChI is InChI=1S/C21H24N2O3/c1-4-26-19-11-6-5-10-18(19)21(25)22-14-20(24)23(13-16(22)3)17-9-7-8-15(2)12-17/h5-12,16H,4,13-14H2,1-3H3/t16-/m1/s1. The maximum Gasteiger partial charge on any atom is 0.258 e. The number of ether oxygens (including phenoxy) is 1. The van der Waals surface area contributed by atoms with Gasteiger partial charge in [0.05, 0.1) is 12.2 Å². The van der Waals surface area contributed by atoms with Crippen molar-refractivity contribution in [3.63, 3.8) is 0 Å². The van der Waals surface area contributed by atoms with Crippen LogP contribution in [-0.2, 0) is 4.79 Å². The molecule has 136 valence electrons. The lowest BCUT2D eigenvalue weighted by Crippen LogP contribution is -2.57. The number of piperazine rings is 1. The van der Waals surface area contributed by atoms with Crippen molar-refractivity contribution in [2.24, 2.45) is 0 Å². The lowest BCUT2D eigenvalue weighted by molar-refractivity contribution is -0.121. The molecule has 0 saturated carbocycles. The molecule has 5 heteroatoms. The normalized spacial score (nSPS) is 17.3. The van der Waals surface area contributed by atoms with Gasteiger partial charge in [-0.15, -0.1) is 0 Å². The fraction of sp³-hybridized carbons (Fsp3) is 0.333. The molecule has 0 unspecified atom stereocenters. The van der Waals surface area contributed by atoms with E-state index in [2.05, 4.69) is 0 Å². The second-order valence-corrected chi connectivity index (χ2v) is 6.55. The van der Waals surface area contributed by atoms with E-state index >= 15 is 0 Å². The van der Waals surface area contributed by atoms with Gasteiger partial charge in [-0.2, -0.15) is 0 Å². The first-order valence-corrected chi connectivity index (χ1v) is 8.91. The van der Waals surface area contributed by atoms with E-state index in [0.717, 1.165) is 11.3 Å². The van der Waals surface area contributed by atoms with E-state index < -0.39 is 0 Å². The Bertz CT molecular complexity index is 818. The Morgan fingerprint density at radius 2 is 1.96 bits per heavy atom. The molecule has 2 aromatic carbocycles. The highest BCUT2D eigenvalue weighted by atomic mass is 16.5. The summed E-state index contributed by atoms with van der Waals surface area (Å²) in [7, 11) is 0. The summed E-state index contributed by atoms with van der Waals surface area (Å²) >= 11 is 0. The number of benzene rings is 2. The smallest absolute Gasteiger partial charge is 0.258 e. The number of nitrogens with zero attached hydrogens (tertiary/aromatic N) is 2. The summed E-state index contributed by atoms with van der Waals surface area (Å²) in [4.78, 5) is 29.1. The number of rotatable bonds is 4. The van der Waals surface area contributed by atoms with E-state index in [1.165, 1.54) is 0 Å². The summed E-state index contributed by atoms with van der Waals surface area (Å²) in [6.45, 7) is 6.88. The maximum atomic E-state index is 13.0. The molecule has 1 fully saturated rings. The van der Waals surface area contributed by atoms with Crippen LogP contribution in [-0.4, -0.2) is 42.5 Å². The molecule has 1 atom stereocenters. The molecule has 1 aliphatic rings. The maximum absolute atomic E-state index is 13.0. The van der Waals surface area contributed by atoms with Gasteiger partial charge in [0.1, 0.15) is 12.3 Å². The zero-order valence-corrected chi connectivity index (χ0v) is 15.4. The van der Waals surface area contributed by atoms with Gasteiger partial charge in [0.15, 0.2) is 0 Å². The molecule has 26 heavy (non-hydrogen) atoms. The Hall–Kier alpha value is -2.82. The largest absolute Gasteiger partial charge is 0.493 e. The van der Waals surface area contributed by atoms with Gasteiger partial charge < -0.3 is 14.5 Å². The van der Waals surface area contributed by atoms with E-state index in [-0.39, 0.29) is 24.4 Å². The molecule has 2 aromatic rings. The second-order valence-electron chi connectivity index (χ2n) is 6.55. The van der Waals surface area contributed by atoms with Crippen molar-refractivity contribution in [1.82, 2.24) is 4.90 Å². The lowest BCUT2D eigenvalue weighted by Gasteiger charge is -2.39. The molecule has 0 spiro atoms. The van der Waals surface area contributed by atoms with Crippen LogP contribution < -0.4 is 9.64 Å². The molecular weight excluding hydrogens is 328 g/mol. The van der Waals surface area contributed by atoms with E-state index in [9.17, 15) is 9.59 Å². The summed E-state index contributed by atoms with van der Waals surface area (Å²) in [6.07, 6.45) is 0. The Morgan fingerprint density at radius 1 is 1.19 bits per heavy atom. The second kappa shape index (κ2) is 7.60. The van der Waals surface area contributed by atoms with Crippen molar-refractivity contribution in [2.45, 2.75) is 26.8 Å². The molecule has 0 N–H and O–H groups in total. The van der Waals surface area contributed by atoms with Crippen LogP contribution in [0.15, 0.2) is 48.5 Å². The highest BCUT2D eigenvalue weighted by Gasteiger charge is 2.34. The van der Waals surface area contributed by atoms with Crippen molar-refractivity contribution < 1.29 is 14.3 Å². The van der Waals surface area contributed by atoms with E-state index in [4.69, 9.17) is 4.74 Å². The third-order valence-corrected chi connectivity index (χ3v) is 4.58. The predicted octanol–water partition coefficient (Wildman–Crippen LogP) is 3.27. The molecule has 0 aromatic heterocycles. The third kappa shape index (κ3) is 3.57. The average Bonchev–Trinajstić information content (AvgIpc) is 2.63. The van der Waals surface area contributed by atoms with Crippen LogP contribution in [0.4, 0.5) is 5.69 Å². The monoisotopic (exact) mass is 352 g/mol. The number of carbonyl (C=O) groups excluding carboxylic acids is 2. The minimum Gasteiger partial charge on any atom is -0.493 e. The molecule has 0 aliphatic carbocycles. The zero-order valence-electron chi connectivity index (χ0n) is 15.4. The third-order valence-electron chi connectivity index (χ3n) is 4.58. The quantitative estimate of drug-likeness (QED) is 0.848. The molecular formula is C21H24N2O3. The average molecular weight is 352 g/mol. The first-order chi connectivity index (χ1) is 12.5. The van der Waals surface area contributed by atoms with E-state index in [0.29, 0.717) is 24.5 Å². The number of hydrogen-bond acceptors (Lipinski definition) is 3. The highest BCUT2D eigenvalue weighted by molar-refractivity contribution is 6.03. The van der Waals surface area contributed by atoms with Gasteiger partial charge in [0.2, 0.25) is 5.91 Å². The van der Waals surface area contributed by atoms with Crippen LogP contribution in [0, 0.1) is 6.92 Å². The fourth-order valence-electron chi connectivity index (χ4n) is 3.25. The van der Waals surface area contributed by atoms with Crippen molar-refractivity contribution in [1.29, 1.82) is 0 Å². The van der Waals surface area contributed by atoms with Gasteiger partial charge in [-0.1, -0.05) is 24.3 Å². The fourth-order valence-corrected chi connectivity index (χ4v) is 3.25. The van der Waals surface area contributed by atoms with Crippen molar-refractivity contribution in [3.8, 4) is 5.75 Å². The molecule has 5 nitrogen and oxygen atoms in total. The van der Waals surface area contributed by atoms with Gasteiger partial charge in [0, 0.05) is 18.3 Å². The minimum absolute atomic E-state index is 0.0639. The van der Waals surface area contributed by atoms with Crippen LogP contribution in [0.3, 0.4) is 0 Å². The summed E-state index contributed by atoms with van der Waals surface area (Å²) in [5, 5.41) is 0. The van der Waals surface area contributed by atoms with Gasteiger partial charge in [0.25, 0.3) is 5.91 Å². The van der Waals surface area contributed by atoms with Crippen LogP contribution in [0.25, 0.3) is 0 Å². The SMILES string of the molecule is CCOc1ccccc1C(=O)N1CC(=O)N(c2cccc(C)c2)C[C@H]1C. The zero-order chi connectivity index (χ0) is 18.7. The Labute approximate surface area is 154 Å². The molecule has 1 saturated heterocycles. The lowest BCUT2D eigenvalue weighted by atomic mass is 10.1. The van der Waals surface area contributed by atoms with Crippen LogP contribution >= 0.6 is 0 Å². The number of hydrogen-bond donors (Lipinski definition) is 0. The molecule has 0 bridgehead atoms. The van der Waals surface area contributed by atoms with Crippen LogP contribution in [0.1, 0.15) is 29.8 Å². The van der Waals surface area contributed by atoms with Crippen molar-refractivity contribution in [2.75, 3.05) is 24.6 Å². The Morgan fingerprint density at radius 3 is 2.69 bits per heavy atom. The first-order valence-electron chi connectivity index (χ1n) is 8.91. The topological polar surface area (TPSA) is 49.9 Å². The van der Waals surface area contributed by atoms with Gasteiger partial charge in [-0.25, -0.2) is 0 Å². The summed E-state index contributed by atoms with van der Waals surface area (Å²) in [5.74, 6) is 0.315. The van der Waals surface area contributed by atoms with E-state index in [1.807, 2.05) is 57.2 Å². The highest BCUT2D eigenvalue weighted by Crippen LogP contribution is 2.25. The number of carbonyl (C=O) groups is 2. The van der Waals surface area contributed by atoms with Crippen LogP contribution in [0.2, 0.25) is 0 Å². The first kappa shape index (κ1) is 18.0. The summed E-state index contributed by atoms with van der Waals surface area (Å²) < 4.78 is 5.57. The van der Waals surface area contributed by atoms with Crippen molar-refractivity contribution in [3.05, 3.63) is 59.7 Å². The number of para-hydroxylation sites is 1. The minimum atomic E-state index is -0.168. The van der Waals surface area contributed by atoms with Gasteiger partial charge in [-0.05, 0) is 50.6 Å². The summed E-state index contributed by atoms with van der Waals surface area (Å²) in [5.41, 5.74) is 2.48. The Balaban J connectivity index is 1.82. The molecule has 1 heterocycles. The van der Waals surface area contributed by atoms with Crippen LogP contribution in [0.5, 0.6) is 5.75 Å². The molecule has 1 aliphatic heterocycles. The molecule has 3 rings (SSSR count). The molecule has 0 radical (unpaired) electrons. The van der Waals surface area contributed by atoms with E-state index in [1.54, 1.807) is 21.9 Å². The number of aryl methyl sites for hydroxylation is 1. The Kier molecular flexibility index (Phi) is 5.26. The predicted molar refractivity (Wildman–Crippen MR) is 102 cm³/mol. The molecule has 2 amide bonds. The van der Waals surface area contributed by atoms with Crippen molar-refractivity contribution >= 4 is 17.5 Å². The number of anilines is 1. The summed E-state index contributed by atoms with van der Waals surface area (Å²) in [6, 6.07) is 15.0. The van der Waals surface area contributed by atoms with Gasteiger partial charge >= 0.3 is 0 Å².